The Balaban J connectivity index is 2.11. The predicted octanol–water partition coefficient (Wildman–Crippen LogP) is -1.90. The highest BCUT2D eigenvalue weighted by Crippen LogP contribution is 2.14. The number of ether oxygens (including phenoxy) is 1. The summed E-state index contributed by atoms with van der Waals surface area (Å²) in [4.78, 5) is 11.9. The molecule has 0 aliphatic rings. The maximum atomic E-state index is 9.40. The third-order valence-electron chi connectivity index (χ3n) is 2.65. The summed E-state index contributed by atoms with van der Waals surface area (Å²) in [7, 11) is 0. The molecule has 0 amide bonds. The highest BCUT2D eigenvalue weighted by Gasteiger charge is 2.18. The average molecular weight is 269 g/mol. The van der Waals surface area contributed by atoms with Gasteiger partial charge in [-0.3, -0.25) is 4.57 Å². The molecular formula is C10H15N5O4. The van der Waals surface area contributed by atoms with Crippen LogP contribution in [-0.4, -0.2) is 60.3 Å². The van der Waals surface area contributed by atoms with Gasteiger partial charge in [-0.2, -0.15) is 0 Å². The summed E-state index contributed by atoms with van der Waals surface area (Å²) in [6.07, 6.45) is 0.735. The highest BCUT2D eigenvalue weighted by atomic mass is 16.5. The number of aromatic nitrogens is 4. The number of aliphatic hydroxyl groups is 3. The van der Waals surface area contributed by atoms with Crippen molar-refractivity contribution in [3.63, 3.8) is 0 Å². The van der Waals surface area contributed by atoms with E-state index in [1.807, 2.05) is 0 Å². The maximum Gasteiger partial charge on any atom is 0.167 e. The summed E-state index contributed by atoms with van der Waals surface area (Å²) in [6, 6.07) is 0. The predicted molar refractivity (Wildman–Crippen MR) is 64.8 cm³/mol. The van der Waals surface area contributed by atoms with Crippen LogP contribution in [0, 0.1) is 0 Å². The maximum absolute atomic E-state index is 9.40. The quantitative estimate of drug-likeness (QED) is 0.476. The van der Waals surface area contributed by atoms with Gasteiger partial charge in [0.05, 0.1) is 19.5 Å². The Morgan fingerprint density at radius 3 is 2.74 bits per heavy atom. The number of aliphatic hydroxyl groups excluding tert-OH is 3. The number of imidazole rings is 1. The number of nitrogen functional groups attached to an aromatic ring is 1. The Hall–Kier alpha value is -1.81. The van der Waals surface area contributed by atoms with Gasteiger partial charge in [0.25, 0.3) is 0 Å². The van der Waals surface area contributed by atoms with E-state index in [4.69, 9.17) is 20.7 Å². The van der Waals surface area contributed by atoms with E-state index in [0.29, 0.717) is 11.2 Å². The zero-order valence-corrected chi connectivity index (χ0v) is 10.0. The standard InChI is InChI=1S/C10H15N5O4/c11-9-8-10(13-3-12-9)15(4-14-8)5-19-7(2-17)6(18)1-16/h3-4,6-7,16-18H,1-2,5H2,(H2,11,12,13)/t6-,7-/m1/s1. The van der Waals surface area contributed by atoms with Gasteiger partial charge in [0.2, 0.25) is 0 Å². The molecule has 9 heteroatoms. The minimum absolute atomic E-state index is 0.00917. The smallest absolute Gasteiger partial charge is 0.167 e. The van der Waals surface area contributed by atoms with Crippen molar-refractivity contribution in [2.24, 2.45) is 0 Å². The lowest BCUT2D eigenvalue weighted by Crippen LogP contribution is -2.35. The Bertz CT molecular complexity index is 546. The number of rotatable bonds is 6. The van der Waals surface area contributed by atoms with E-state index in [-0.39, 0.29) is 12.5 Å². The van der Waals surface area contributed by atoms with Crippen LogP contribution in [0.4, 0.5) is 5.82 Å². The van der Waals surface area contributed by atoms with Crippen molar-refractivity contribution in [1.29, 1.82) is 0 Å². The molecule has 0 bridgehead atoms. The molecule has 0 fully saturated rings. The number of nitrogens with zero attached hydrogens (tertiary/aromatic N) is 4. The molecule has 104 valence electrons. The SMILES string of the molecule is Nc1ncnc2c1ncn2CO[C@H](CO)[C@H](O)CO. The molecule has 0 aromatic carbocycles. The van der Waals surface area contributed by atoms with Crippen molar-refractivity contribution in [2.75, 3.05) is 18.9 Å². The Kier molecular flexibility index (Phi) is 4.22. The number of nitrogens with two attached hydrogens (primary N) is 1. The van der Waals surface area contributed by atoms with Crippen LogP contribution in [0.3, 0.4) is 0 Å². The van der Waals surface area contributed by atoms with Gasteiger partial charge in [0.15, 0.2) is 11.5 Å². The molecule has 0 radical (unpaired) electrons. The first kappa shape index (κ1) is 13.6. The van der Waals surface area contributed by atoms with Gasteiger partial charge in [-0.15, -0.1) is 0 Å². The van der Waals surface area contributed by atoms with Crippen molar-refractivity contribution in [1.82, 2.24) is 19.5 Å². The van der Waals surface area contributed by atoms with Crippen LogP contribution in [-0.2, 0) is 11.5 Å². The normalized spacial score (nSPS) is 14.7. The third-order valence-corrected chi connectivity index (χ3v) is 2.65. The molecule has 2 rings (SSSR count). The largest absolute Gasteiger partial charge is 0.394 e. The van der Waals surface area contributed by atoms with Crippen molar-refractivity contribution < 1.29 is 20.1 Å². The van der Waals surface area contributed by atoms with E-state index in [9.17, 15) is 5.11 Å². The first-order chi connectivity index (χ1) is 9.17. The van der Waals surface area contributed by atoms with Crippen LogP contribution in [0.2, 0.25) is 0 Å². The molecule has 2 atom stereocenters. The summed E-state index contributed by atoms with van der Waals surface area (Å²) in [5, 5.41) is 27.2. The topological polar surface area (TPSA) is 140 Å². The monoisotopic (exact) mass is 269 g/mol. The molecule has 19 heavy (non-hydrogen) atoms. The van der Waals surface area contributed by atoms with Crippen LogP contribution in [0.1, 0.15) is 0 Å². The minimum Gasteiger partial charge on any atom is -0.394 e. The fraction of sp³-hybridized carbons (Fsp3) is 0.500. The van der Waals surface area contributed by atoms with Crippen molar-refractivity contribution >= 4 is 17.0 Å². The minimum atomic E-state index is -1.15. The Morgan fingerprint density at radius 1 is 1.26 bits per heavy atom. The summed E-state index contributed by atoms with van der Waals surface area (Å²) in [5.41, 5.74) is 6.58. The van der Waals surface area contributed by atoms with E-state index >= 15 is 0 Å². The molecular weight excluding hydrogens is 254 g/mol. The van der Waals surface area contributed by atoms with Gasteiger partial charge >= 0.3 is 0 Å². The summed E-state index contributed by atoms with van der Waals surface area (Å²) in [5.74, 6) is 0.262. The van der Waals surface area contributed by atoms with Crippen molar-refractivity contribution in [2.45, 2.75) is 18.9 Å². The van der Waals surface area contributed by atoms with E-state index < -0.39 is 25.4 Å². The zero-order valence-electron chi connectivity index (χ0n) is 10.0. The Labute approximate surface area is 108 Å². The van der Waals surface area contributed by atoms with Gasteiger partial charge in [-0.1, -0.05) is 0 Å². The molecule has 0 unspecified atom stereocenters. The molecule has 9 nitrogen and oxygen atoms in total. The molecule has 0 saturated heterocycles. The van der Waals surface area contributed by atoms with Crippen molar-refractivity contribution in [3.05, 3.63) is 12.7 Å². The molecule has 0 aliphatic carbocycles. The zero-order chi connectivity index (χ0) is 13.8. The molecule has 0 aliphatic heterocycles. The second-order valence-corrected chi connectivity index (χ2v) is 3.91. The van der Waals surface area contributed by atoms with Gasteiger partial charge in [0, 0.05) is 0 Å². The van der Waals surface area contributed by atoms with Crippen LogP contribution in [0.15, 0.2) is 12.7 Å². The number of hydrogen-bond donors (Lipinski definition) is 4. The van der Waals surface area contributed by atoms with E-state index in [0.717, 1.165) is 0 Å². The van der Waals surface area contributed by atoms with Gasteiger partial charge in [0.1, 0.15) is 30.8 Å². The highest BCUT2D eigenvalue weighted by molar-refractivity contribution is 5.80. The van der Waals surface area contributed by atoms with Crippen LogP contribution in [0.25, 0.3) is 11.2 Å². The fourth-order valence-electron chi connectivity index (χ4n) is 1.57. The molecule has 0 spiro atoms. The van der Waals surface area contributed by atoms with Crippen LogP contribution in [0.5, 0.6) is 0 Å². The van der Waals surface area contributed by atoms with E-state index in [1.165, 1.54) is 12.7 Å². The number of fused-ring (bicyclic) bond motifs is 1. The molecule has 2 aromatic heterocycles. The first-order valence-corrected chi connectivity index (χ1v) is 5.60. The number of hydrogen-bond acceptors (Lipinski definition) is 8. The van der Waals surface area contributed by atoms with Gasteiger partial charge in [-0.25, -0.2) is 15.0 Å². The Morgan fingerprint density at radius 2 is 2.05 bits per heavy atom. The van der Waals surface area contributed by atoms with Crippen molar-refractivity contribution in [3.8, 4) is 0 Å². The molecule has 5 N–H and O–H groups in total. The lowest BCUT2D eigenvalue weighted by Gasteiger charge is -2.19. The first-order valence-electron chi connectivity index (χ1n) is 5.60. The van der Waals surface area contributed by atoms with E-state index in [1.54, 1.807) is 4.57 Å². The number of anilines is 1. The third kappa shape index (κ3) is 2.79. The molecule has 0 saturated carbocycles. The van der Waals surface area contributed by atoms with Crippen LogP contribution < -0.4 is 5.73 Å². The second kappa shape index (κ2) is 5.89. The van der Waals surface area contributed by atoms with E-state index in [2.05, 4.69) is 15.0 Å². The summed E-state index contributed by atoms with van der Waals surface area (Å²) >= 11 is 0. The lowest BCUT2D eigenvalue weighted by atomic mass is 10.2. The molecule has 2 heterocycles. The summed E-state index contributed by atoms with van der Waals surface area (Å²) in [6.45, 7) is -0.897. The van der Waals surface area contributed by atoms with Gasteiger partial charge in [-0.05, 0) is 0 Å². The van der Waals surface area contributed by atoms with Crippen LogP contribution >= 0.6 is 0 Å². The molecule has 2 aromatic rings. The summed E-state index contributed by atoms with van der Waals surface area (Å²) < 4.78 is 6.85. The van der Waals surface area contributed by atoms with Gasteiger partial charge < -0.3 is 25.8 Å². The second-order valence-electron chi connectivity index (χ2n) is 3.91. The average Bonchev–Trinajstić information content (AvgIpc) is 2.84. The fourth-order valence-corrected chi connectivity index (χ4v) is 1.57. The lowest BCUT2D eigenvalue weighted by molar-refractivity contribution is -0.0997.